The van der Waals surface area contributed by atoms with Crippen molar-refractivity contribution < 1.29 is 13.9 Å². The van der Waals surface area contributed by atoms with Gasteiger partial charge in [-0.15, -0.1) is 0 Å². The molecule has 134 valence electrons. The maximum absolute atomic E-state index is 13.8. The second-order valence-electron chi connectivity index (χ2n) is 5.70. The lowest BCUT2D eigenvalue weighted by Gasteiger charge is -2.30. The molecule has 0 radical (unpaired) electrons. The Kier molecular flexibility index (Phi) is 6.95. The number of carbonyl (C=O) groups is 1. The number of hydrogen-bond acceptors (Lipinski definition) is 3. The molecule has 0 spiro atoms. The zero-order chi connectivity index (χ0) is 18.2. The summed E-state index contributed by atoms with van der Waals surface area (Å²) in [5.74, 6) is -0.120. The van der Waals surface area contributed by atoms with Gasteiger partial charge in [0.15, 0.2) is 0 Å². The highest BCUT2D eigenvalue weighted by Crippen LogP contribution is 2.22. The Balaban J connectivity index is 2.15. The summed E-state index contributed by atoms with van der Waals surface area (Å²) in [5.41, 5.74) is 1.15. The molecule has 0 aliphatic heterocycles. The lowest BCUT2D eigenvalue weighted by atomic mass is 10.0. The van der Waals surface area contributed by atoms with Crippen LogP contribution in [-0.2, 0) is 0 Å². The van der Waals surface area contributed by atoms with Gasteiger partial charge in [0.25, 0.3) is 5.91 Å². The van der Waals surface area contributed by atoms with E-state index in [0.29, 0.717) is 6.54 Å². The Morgan fingerprint density at radius 2 is 1.76 bits per heavy atom. The summed E-state index contributed by atoms with van der Waals surface area (Å²) < 4.78 is 19.0. The lowest BCUT2D eigenvalue weighted by molar-refractivity contribution is 0.0931. The van der Waals surface area contributed by atoms with Crippen LogP contribution in [-0.4, -0.2) is 37.6 Å². The molecular weight excluding hydrogens is 319 g/mol. The van der Waals surface area contributed by atoms with Crippen molar-refractivity contribution in [3.8, 4) is 5.75 Å². The van der Waals surface area contributed by atoms with Gasteiger partial charge < -0.3 is 10.1 Å². The molecule has 0 bridgehead atoms. The molecule has 4 nitrogen and oxygen atoms in total. The first kappa shape index (κ1) is 18.9. The molecule has 0 aromatic heterocycles. The number of halogens is 1. The van der Waals surface area contributed by atoms with Crippen LogP contribution in [0.1, 0.15) is 35.8 Å². The summed E-state index contributed by atoms with van der Waals surface area (Å²) in [6.07, 6.45) is 0. The minimum atomic E-state index is -0.510. The first-order chi connectivity index (χ1) is 12.1. The fourth-order valence-corrected chi connectivity index (χ4v) is 2.88. The van der Waals surface area contributed by atoms with Crippen LogP contribution in [0, 0.1) is 5.82 Å². The summed E-state index contributed by atoms with van der Waals surface area (Å²) in [6.45, 7) is 6.27. The fourth-order valence-electron chi connectivity index (χ4n) is 2.88. The summed E-state index contributed by atoms with van der Waals surface area (Å²) >= 11 is 0. The maximum atomic E-state index is 13.8. The first-order valence-corrected chi connectivity index (χ1v) is 8.51. The van der Waals surface area contributed by atoms with Crippen molar-refractivity contribution in [2.75, 3.05) is 26.7 Å². The van der Waals surface area contributed by atoms with Crippen LogP contribution < -0.4 is 10.1 Å². The van der Waals surface area contributed by atoms with E-state index < -0.39 is 11.7 Å². The van der Waals surface area contributed by atoms with Gasteiger partial charge in [0.2, 0.25) is 0 Å². The topological polar surface area (TPSA) is 41.6 Å². The molecule has 0 aliphatic carbocycles. The first-order valence-electron chi connectivity index (χ1n) is 8.51. The predicted octanol–water partition coefficient (Wildman–Crippen LogP) is 3.65. The molecule has 1 N–H and O–H groups in total. The number of hydrogen-bond donors (Lipinski definition) is 1. The summed E-state index contributed by atoms with van der Waals surface area (Å²) in [5, 5.41) is 2.86. The number of methoxy groups -OCH3 is 1. The van der Waals surface area contributed by atoms with Gasteiger partial charge in [-0.1, -0.05) is 38.1 Å². The molecule has 0 aliphatic rings. The van der Waals surface area contributed by atoms with Crippen LogP contribution in [0.5, 0.6) is 5.75 Å². The number of carbonyl (C=O) groups excluding carboxylic acids is 1. The number of ether oxygens (including phenoxy) is 1. The molecule has 25 heavy (non-hydrogen) atoms. The van der Waals surface area contributed by atoms with Gasteiger partial charge in [-0.05, 0) is 42.9 Å². The highest BCUT2D eigenvalue weighted by atomic mass is 19.1. The van der Waals surface area contributed by atoms with E-state index in [-0.39, 0.29) is 11.6 Å². The van der Waals surface area contributed by atoms with Crippen molar-refractivity contribution in [1.29, 1.82) is 0 Å². The molecule has 2 aromatic rings. The van der Waals surface area contributed by atoms with Crippen LogP contribution in [0.15, 0.2) is 48.5 Å². The van der Waals surface area contributed by atoms with Gasteiger partial charge in [0, 0.05) is 6.54 Å². The highest BCUT2D eigenvalue weighted by molar-refractivity contribution is 5.94. The van der Waals surface area contributed by atoms with E-state index in [9.17, 15) is 9.18 Å². The van der Waals surface area contributed by atoms with E-state index in [1.807, 2.05) is 24.3 Å². The number of nitrogens with one attached hydrogen (secondary N) is 1. The molecule has 2 rings (SSSR count). The van der Waals surface area contributed by atoms with Crippen molar-refractivity contribution in [1.82, 2.24) is 10.2 Å². The average molecular weight is 344 g/mol. The Hall–Kier alpha value is -2.40. The molecule has 0 saturated carbocycles. The quantitative estimate of drug-likeness (QED) is 0.795. The zero-order valence-electron chi connectivity index (χ0n) is 15.0. The van der Waals surface area contributed by atoms with Crippen LogP contribution >= 0.6 is 0 Å². The van der Waals surface area contributed by atoms with E-state index in [4.69, 9.17) is 4.74 Å². The van der Waals surface area contributed by atoms with Gasteiger partial charge >= 0.3 is 0 Å². The Labute approximate surface area is 148 Å². The van der Waals surface area contributed by atoms with Gasteiger partial charge in [0.1, 0.15) is 11.6 Å². The van der Waals surface area contributed by atoms with E-state index in [0.717, 1.165) is 24.4 Å². The van der Waals surface area contributed by atoms with Crippen molar-refractivity contribution >= 4 is 5.91 Å². The maximum Gasteiger partial charge on any atom is 0.254 e. The predicted molar refractivity (Wildman–Crippen MR) is 97.4 cm³/mol. The Morgan fingerprint density at radius 3 is 2.32 bits per heavy atom. The molecule has 1 unspecified atom stereocenters. The van der Waals surface area contributed by atoms with Crippen molar-refractivity contribution in [2.45, 2.75) is 19.9 Å². The normalized spacial score (nSPS) is 12.0. The summed E-state index contributed by atoms with van der Waals surface area (Å²) in [6, 6.07) is 13.8. The average Bonchev–Trinajstić information content (AvgIpc) is 2.65. The van der Waals surface area contributed by atoms with E-state index >= 15 is 0 Å². The van der Waals surface area contributed by atoms with Gasteiger partial charge in [-0.3, -0.25) is 9.69 Å². The number of amides is 1. The molecule has 2 aromatic carbocycles. The molecule has 1 amide bonds. The third-order valence-electron chi connectivity index (χ3n) is 4.33. The lowest BCUT2D eigenvalue weighted by Crippen LogP contribution is -2.38. The molecule has 5 heteroatoms. The van der Waals surface area contributed by atoms with E-state index in [2.05, 4.69) is 24.1 Å². The van der Waals surface area contributed by atoms with Crippen LogP contribution in [0.3, 0.4) is 0 Å². The minimum absolute atomic E-state index is 0.0108. The van der Waals surface area contributed by atoms with E-state index in [1.165, 1.54) is 12.1 Å². The third kappa shape index (κ3) is 4.79. The smallest absolute Gasteiger partial charge is 0.254 e. The SMILES string of the molecule is CCN(CC)C(CNC(=O)c1ccccc1F)c1ccc(OC)cc1. The van der Waals surface area contributed by atoms with E-state index in [1.54, 1.807) is 19.2 Å². The number of rotatable bonds is 8. The monoisotopic (exact) mass is 344 g/mol. The van der Waals surface area contributed by atoms with Crippen LogP contribution in [0.2, 0.25) is 0 Å². The van der Waals surface area contributed by atoms with Crippen molar-refractivity contribution in [2.24, 2.45) is 0 Å². The number of likely N-dealkylation sites (N-methyl/N-ethyl adjacent to an activating group) is 1. The largest absolute Gasteiger partial charge is 0.497 e. The molecule has 1 atom stereocenters. The number of nitrogens with zero attached hydrogens (tertiary/aromatic N) is 1. The fraction of sp³-hybridized carbons (Fsp3) is 0.350. The van der Waals surface area contributed by atoms with Gasteiger partial charge in [-0.25, -0.2) is 4.39 Å². The van der Waals surface area contributed by atoms with Crippen LogP contribution in [0.4, 0.5) is 4.39 Å². The summed E-state index contributed by atoms with van der Waals surface area (Å²) in [7, 11) is 1.63. The Morgan fingerprint density at radius 1 is 1.12 bits per heavy atom. The van der Waals surface area contributed by atoms with Crippen LogP contribution in [0.25, 0.3) is 0 Å². The van der Waals surface area contributed by atoms with Gasteiger partial charge in [0.05, 0.1) is 18.7 Å². The molecule has 0 saturated heterocycles. The third-order valence-corrected chi connectivity index (χ3v) is 4.33. The highest BCUT2D eigenvalue weighted by Gasteiger charge is 2.20. The Bertz CT molecular complexity index is 684. The molecule has 0 heterocycles. The van der Waals surface area contributed by atoms with Gasteiger partial charge in [-0.2, -0.15) is 0 Å². The second-order valence-corrected chi connectivity index (χ2v) is 5.70. The van der Waals surface area contributed by atoms with Crippen molar-refractivity contribution in [3.05, 3.63) is 65.5 Å². The second kappa shape index (κ2) is 9.18. The molecule has 0 fully saturated rings. The standard InChI is InChI=1S/C20H25FN2O2/c1-4-23(5-2)19(15-10-12-16(25-3)13-11-15)14-22-20(24)17-8-6-7-9-18(17)21/h6-13,19H,4-5,14H2,1-3H3,(H,22,24). The molecular formula is C20H25FN2O2. The minimum Gasteiger partial charge on any atom is -0.497 e. The summed E-state index contributed by atoms with van der Waals surface area (Å²) in [4.78, 5) is 14.6. The zero-order valence-corrected chi connectivity index (χ0v) is 15.0. The van der Waals surface area contributed by atoms with Crippen molar-refractivity contribution in [3.63, 3.8) is 0 Å². The number of benzene rings is 2.